The van der Waals surface area contributed by atoms with Crippen molar-refractivity contribution in [2.45, 2.75) is 25.4 Å². The van der Waals surface area contributed by atoms with Crippen molar-refractivity contribution < 1.29 is 28.6 Å². The number of nitrogens with zero attached hydrogens (tertiary/aromatic N) is 2. The van der Waals surface area contributed by atoms with Crippen molar-refractivity contribution in [3.8, 4) is 5.88 Å². The van der Waals surface area contributed by atoms with Crippen molar-refractivity contribution in [2.75, 3.05) is 31.0 Å². The summed E-state index contributed by atoms with van der Waals surface area (Å²) in [7, 11) is 1.55. The molecule has 0 saturated carbocycles. The van der Waals surface area contributed by atoms with Crippen LogP contribution in [0, 0.1) is 5.82 Å². The van der Waals surface area contributed by atoms with Crippen LogP contribution in [-0.4, -0.2) is 59.5 Å². The molecule has 0 fully saturated rings. The van der Waals surface area contributed by atoms with E-state index in [-0.39, 0.29) is 23.8 Å². The van der Waals surface area contributed by atoms with Gasteiger partial charge in [-0.15, -0.1) is 0 Å². The Hall–Kier alpha value is -4.45. The number of halogens is 1. The summed E-state index contributed by atoms with van der Waals surface area (Å²) in [4.78, 5) is 31.7. The zero-order valence-electron chi connectivity index (χ0n) is 20.4. The standard InChI is InChI=1S/C25H29FN6O5/c1-15(29-25(34)35)20(12-16-6-4-3-5-7-16)31-24-19(26)14-18(22(27)33)23(32-24)30-17-8-9-28-21(13-17)37-11-10-36-2/h3-9,13-15,20,29H,10-12H2,1-2H3,(H2,27,33)(H,34,35)(H2,28,30,31,32)/t15-,20-/m0/s1. The third-order valence-corrected chi connectivity index (χ3v) is 5.35. The van der Waals surface area contributed by atoms with E-state index in [0.717, 1.165) is 11.6 Å². The van der Waals surface area contributed by atoms with Crippen molar-refractivity contribution in [1.29, 1.82) is 0 Å². The van der Waals surface area contributed by atoms with Gasteiger partial charge < -0.3 is 36.3 Å². The molecule has 2 heterocycles. The molecule has 0 aliphatic rings. The lowest BCUT2D eigenvalue weighted by molar-refractivity contribution is 0.1000. The van der Waals surface area contributed by atoms with Gasteiger partial charge in [0.05, 0.1) is 18.2 Å². The first-order valence-corrected chi connectivity index (χ1v) is 11.4. The molecule has 0 unspecified atom stereocenters. The van der Waals surface area contributed by atoms with Gasteiger partial charge in [0.25, 0.3) is 5.91 Å². The van der Waals surface area contributed by atoms with Crippen LogP contribution in [0.3, 0.4) is 0 Å². The van der Waals surface area contributed by atoms with Gasteiger partial charge in [-0.1, -0.05) is 30.3 Å². The molecular formula is C25H29FN6O5. The van der Waals surface area contributed by atoms with Crippen LogP contribution in [0.5, 0.6) is 5.88 Å². The fourth-order valence-corrected chi connectivity index (χ4v) is 3.50. The quantitative estimate of drug-likeness (QED) is 0.217. The minimum atomic E-state index is -1.21. The number of rotatable bonds is 13. The van der Waals surface area contributed by atoms with Gasteiger partial charge in [0, 0.05) is 31.1 Å². The van der Waals surface area contributed by atoms with Crippen molar-refractivity contribution in [2.24, 2.45) is 5.73 Å². The van der Waals surface area contributed by atoms with Crippen LogP contribution in [0.1, 0.15) is 22.8 Å². The lowest BCUT2D eigenvalue weighted by Crippen LogP contribution is -2.45. The predicted octanol–water partition coefficient (Wildman–Crippen LogP) is 3.16. The summed E-state index contributed by atoms with van der Waals surface area (Å²) in [5.74, 6) is -1.58. The Morgan fingerprint density at radius 3 is 2.57 bits per heavy atom. The first kappa shape index (κ1) is 27.1. The van der Waals surface area contributed by atoms with Gasteiger partial charge in [0.2, 0.25) is 5.88 Å². The number of primary amides is 1. The topological polar surface area (TPSA) is 161 Å². The fraction of sp³-hybridized carbons (Fsp3) is 0.280. The molecule has 196 valence electrons. The Morgan fingerprint density at radius 1 is 1.14 bits per heavy atom. The second kappa shape index (κ2) is 13.0. The maximum Gasteiger partial charge on any atom is 0.404 e. The third kappa shape index (κ3) is 8.04. The Kier molecular flexibility index (Phi) is 9.55. The molecule has 37 heavy (non-hydrogen) atoms. The van der Waals surface area contributed by atoms with Crippen LogP contribution in [0.4, 0.5) is 26.5 Å². The van der Waals surface area contributed by atoms with Gasteiger partial charge in [-0.3, -0.25) is 4.79 Å². The molecule has 0 aliphatic carbocycles. The summed E-state index contributed by atoms with van der Waals surface area (Å²) in [6.07, 6.45) is 0.649. The van der Waals surface area contributed by atoms with Crippen LogP contribution >= 0.6 is 0 Å². The molecule has 3 aromatic rings. The van der Waals surface area contributed by atoms with Crippen molar-refractivity contribution in [1.82, 2.24) is 15.3 Å². The largest absolute Gasteiger partial charge is 0.475 e. The second-order valence-corrected chi connectivity index (χ2v) is 8.11. The van der Waals surface area contributed by atoms with Gasteiger partial charge in [-0.25, -0.2) is 19.2 Å². The lowest BCUT2D eigenvalue weighted by Gasteiger charge is -2.26. The van der Waals surface area contributed by atoms with Gasteiger partial charge >= 0.3 is 6.09 Å². The lowest BCUT2D eigenvalue weighted by atomic mass is 10.0. The van der Waals surface area contributed by atoms with E-state index in [2.05, 4.69) is 25.9 Å². The number of benzene rings is 1. The minimum Gasteiger partial charge on any atom is -0.475 e. The highest BCUT2D eigenvalue weighted by Crippen LogP contribution is 2.26. The normalized spacial score (nSPS) is 12.3. The van der Waals surface area contributed by atoms with Crippen LogP contribution in [0.2, 0.25) is 0 Å². The molecule has 6 N–H and O–H groups in total. The van der Waals surface area contributed by atoms with Gasteiger partial charge in [0.15, 0.2) is 11.6 Å². The zero-order valence-corrected chi connectivity index (χ0v) is 20.4. The average molecular weight is 513 g/mol. The minimum absolute atomic E-state index is 0.00255. The first-order chi connectivity index (χ1) is 17.8. The van der Waals surface area contributed by atoms with E-state index >= 15 is 4.39 Å². The van der Waals surface area contributed by atoms with Crippen LogP contribution < -0.4 is 26.4 Å². The Morgan fingerprint density at radius 2 is 1.89 bits per heavy atom. The number of hydrogen-bond donors (Lipinski definition) is 5. The highest BCUT2D eigenvalue weighted by molar-refractivity contribution is 5.98. The molecule has 0 spiro atoms. The number of nitrogens with one attached hydrogen (secondary N) is 3. The van der Waals surface area contributed by atoms with Crippen LogP contribution in [0.25, 0.3) is 0 Å². The summed E-state index contributed by atoms with van der Waals surface area (Å²) in [6.45, 7) is 2.32. The van der Waals surface area contributed by atoms with Crippen molar-refractivity contribution in [3.05, 3.63) is 71.7 Å². The van der Waals surface area contributed by atoms with Gasteiger partial charge in [-0.05, 0) is 31.0 Å². The maximum atomic E-state index is 15.1. The molecule has 0 saturated heterocycles. The van der Waals surface area contributed by atoms with Gasteiger partial charge in [0.1, 0.15) is 12.4 Å². The summed E-state index contributed by atoms with van der Waals surface area (Å²) < 4.78 is 25.5. The molecule has 0 radical (unpaired) electrons. The zero-order chi connectivity index (χ0) is 26.8. The molecule has 2 aromatic heterocycles. The van der Waals surface area contributed by atoms with E-state index in [0.29, 0.717) is 24.6 Å². The SMILES string of the molecule is COCCOc1cc(Nc2nc(N[C@@H](Cc3ccccc3)[C@H](C)NC(=O)O)c(F)cc2C(N)=O)ccn1. The molecule has 12 heteroatoms. The smallest absolute Gasteiger partial charge is 0.404 e. The number of methoxy groups -OCH3 is 1. The number of carbonyl (C=O) groups is 2. The van der Waals surface area contributed by atoms with E-state index < -0.39 is 29.9 Å². The predicted molar refractivity (Wildman–Crippen MR) is 136 cm³/mol. The first-order valence-electron chi connectivity index (χ1n) is 11.4. The molecule has 2 amide bonds. The van der Waals surface area contributed by atoms with E-state index in [9.17, 15) is 14.7 Å². The number of anilines is 3. The van der Waals surface area contributed by atoms with E-state index in [1.54, 1.807) is 26.2 Å². The summed E-state index contributed by atoms with van der Waals surface area (Å²) >= 11 is 0. The van der Waals surface area contributed by atoms with Crippen LogP contribution in [0.15, 0.2) is 54.7 Å². The Labute approximate surface area is 213 Å². The second-order valence-electron chi connectivity index (χ2n) is 8.11. The summed E-state index contributed by atoms with van der Waals surface area (Å²) in [5.41, 5.74) is 6.68. The number of pyridine rings is 2. The number of amides is 2. The number of carboxylic acid groups (broad SMARTS) is 1. The molecular weight excluding hydrogens is 483 g/mol. The highest BCUT2D eigenvalue weighted by Gasteiger charge is 2.23. The van der Waals surface area contributed by atoms with Crippen molar-refractivity contribution in [3.63, 3.8) is 0 Å². The Bertz CT molecular complexity index is 1210. The molecule has 1 aromatic carbocycles. The average Bonchev–Trinajstić information content (AvgIpc) is 2.86. The summed E-state index contributed by atoms with van der Waals surface area (Å²) in [5, 5.41) is 17.5. The molecule has 0 bridgehead atoms. The Balaban J connectivity index is 1.90. The monoisotopic (exact) mass is 512 g/mol. The number of aromatic nitrogens is 2. The molecule has 0 aliphatic heterocycles. The van der Waals surface area contributed by atoms with E-state index in [4.69, 9.17) is 15.2 Å². The molecule has 2 atom stereocenters. The molecule has 11 nitrogen and oxygen atoms in total. The van der Waals surface area contributed by atoms with Gasteiger partial charge in [-0.2, -0.15) is 0 Å². The van der Waals surface area contributed by atoms with E-state index in [1.807, 2.05) is 30.3 Å². The third-order valence-electron chi connectivity index (χ3n) is 5.35. The fourth-order valence-electron chi connectivity index (χ4n) is 3.50. The number of nitrogens with two attached hydrogens (primary N) is 1. The van der Waals surface area contributed by atoms with E-state index in [1.165, 1.54) is 6.20 Å². The molecule has 3 rings (SSSR count). The highest BCUT2D eigenvalue weighted by atomic mass is 19.1. The van der Waals surface area contributed by atoms with Crippen LogP contribution in [-0.2, 0) is 11.2 Å². The summed E-state index contributed by atoms with van der Waals surface area (Å²) in [6, 6.07) is 12.3. The van der Waals surface area contributed by atoms with Crippen molar-refractivity contribution >= 4 is 29.3 Å². The number of carbonyl (C=O) groups excluding carboxylic acids is 1. The number of ether oxygens (including phenoxy) is 2. The number of hydrogen-bond acceptors (Lipinski definition) is 8. The maximum absolute atomic E-state index is 15.1.